The van der Waals surface area contributed by atoms with Crippen molar-refractivity contribution in [3.05, 3.63) is 23.0 Å². The van der Waals surface area contributed by atoms with Crippen LogP contribution in [0.5, 0.6) is 0 Å². The maximum Gasteiger partial charge on any atom is 0.220 e. The minimum Gasteiger partial charge on any atom is -0.396 e. The van der Waals surface area contributed by atoms with Gasteiger partial charge < -0.3 is 10.4 Å². The predicted octanol–water partition coefficient (Wildman–Crippen LogP) is 1.77. The second-order valence-corrected chi connectivity index (χ2v) is 6.02. The number of hydrogen-bond donors (Lipinski definition) is 2. The molecule has 0 aliphatic heterocycles. The van der Waals surface area contributed by atoms with Gasteiger partial charge >= 0.3 is 0 Å². The summed E-state index contributed by atoms with van der Waals surface area (Å²) in [4.78, 5) is 17.2. The molecule has 2 heterocycles. The fourth-order valence-electron chi connectivity index (χ4n) is 2.06. The molecule has 0 aliphatic rings. The van der Waals surface area contributed by atoms with Gasteiger partial charge in [0, 0.05) is 36.8 Å². The zero-order chi connectivity index (χ0) is 14.5. The number of aromatic nitrogens is 2. The van der Waals surface area contributed by atoms with Crippen LogP contribution >= 0.6 is 11.3 Å². The number of hydrogen-bond acceptors (Lipinski definition) is 4. The van der Waals surface area contributed by atoms with Crippen LogP contribution < -0.4 is 5.32 Å². The Morgan fingerprint density at radius 3 is 3.15 bits per heavy atom. The highest BCUT2D eigenvalue weighted by atomic mass is 32.1. The smallest absolute Gasteiger partial charge is 0.220 e. The number of aliphatic hydroxyl groups excluding tert-OH is 1. The number of nitrogens with one attached hydrogen (secondary N) is 1. The summed E-state index contributed by atoms with van der Waals surface area (Å²) < 4.78 is 2.06. The standard InChI is InChI=1S/C14H21N3O2S/c1-10(5-6-18)7-15-13(19)4-3-12-9-20-14-16-11(2)8-17(12)14/h8-10,18H,3-7H2,1-2H3,(H,15,19). The summed E-state index contributed by atoms with van der Waals surface area (Å²) >= 11 is 1.60. The maximum atomic E-state index is 11.8. The van der Waals surface area contributed by atoms with Crippen LogP contribution in [-0.2, 0) is 11.2 Å². The van der Waals surface area contributed by atoms with Crippen LogP contribution in [0.4, 0.5) is 0 Å². The summed E-state index contributed by atoms with van der Waals surface area (Å²) in [6.07, 6.45) is 3.92. The van der Waals surface area contributed by atoms with Crippen molar-refractivity contribution in [3.8, 4) is 0 Å². The summed E-state index contributed by atoms with van der Waals surface area (Å²) in [7, 11) is 0. The Bertz CT molecular complexity index is 576. The Balaban J connectivity index is 1.81. The van der Waals surface area contributed by atoms with E-state index in [-0.39, 0.29) is 12.5 Å². The molecule has 1 atom stereocenters. The van der Waals surface area contributed by atoms with Gasteiger partial charge in [-0.25, -0.2) is 4.98 Å². The molecule has 2 aromatic heterocycles. The average molecular weight is 295 g/mol. The van der Waals surface area contributed by atoms with Gasteiger partial charge in [-0.15, -0.1) is 11.3 Å². The third-order valence-electron chi connectivity index (χ3n) is 3.28. The molecule has 20 heavy (non-hydrogen) atoms. The number of fused-ring (bicyclic) bond motifs is 1. The first kappa shape index (κ1) is 15.0. The number of carbonyl (C=O) groups is 1. The number of rotatable bonds is 7. The van der Waals surface area contributed by atoms with E-state index in [2.05, 4.69) is 20.1 Å². The third-order valence-corrected chi connectivity index (χ3v) is 4.17. The van der Waals surface area contributed by atoms with Crippen molar-refractivity contribution in [2.75, 3.05) is 13.2 Å². The molecule has 6 heteroatoms. The van der Waals surface area contributed by atoms with E-state index in [9.17, 15) is 4.79 Å². The van der Waals surface area contributed by atoms with E-state index in [0.717, 1.165) is 29.2 Å². The molecule has 0 saturated carbocycles. The Labute approximate surface area is 122 Å². The molecule has 0 spiro atoms. The second kappa shape index (κ2) is 6.85. The topological polar surface area (TPSA) is 66.6 Å². The Hall–Kier alpha value is -1.40. The lowest BCUT2D eigenvalue weighted by Crippen LogP contribution is -2.28. The van der Waals surface area contributed by atoms with Crippen molar-refractivity contribution in [2.24, 2.45) is 5.92 Å². The fourth-order valence-corrected chi connectivity index (χ4v) is 3.02. The first-order valence-corrected chi connectivity index (χ1v) is 7.77. The van der Waals surface area contributed by atoms with Gasteiger partial charge in [0.1, 0.15) is 0 Å². The van der Waals surface area contributed by atoms with Crippen molar-refractivity contribution >= 4 is 22.2 Å². The van der Waals surface area contributed by atoms with E-state index in [1.165, 1.54) is 0 Å². The highest BCUT2D eigenvalue weighted by molar-refractivity contribution is 7.15. The van der Waals surface area contributed by atoms with Crippen LogP contribution in [0.15, 0.2) is 11.6 Å². The second-order valence-electron chi connectivity index (χ2n) is 5.18. The molecule has 0 fully saturated rings. The van der Waals surface area contributed by atoms with Gasteiger partial charge in [0.15, 0.2) is 4.96 Å². The fraction of sp³-hybridized carbons (Fsp3) is 0.571. The molecule has 110 valence electrons. The number of thiazole rings is 1. The molecule has 1 unspecified atom stereocenters. The van der Waals surface area contributed by atoms with Gasteiger partial charge in [-0.1, -0.05) is 6.92 Å². The first-order valence-electron chi connectivity index (χ1n) is 6.89. The highest BCUT2D eigenvalue weighted by Crippen LogP contribution is 2.17. The summed E-state index contributed by atoms with van der Waals surface area (Å²) in [6, 6.07) is 0. The number of carbonyl (C=O) groups excluding carboxylic acids is 1. The quantitative estimate of drug-likeness (QED) is 0.818. The number of nitrogens with zero attached hydrogens (tertiary/aromatic N) is 2. The van der Waals surface area contributed by atoms with Crippen molar-refractivity contribution < 1.29 is 9.90 Å². The molecule has 0 aliphatic carbocycles. The molecule has 0 aromatic carbocycles. The third kappa shape index (κ3) is 3.80. The predicted molar refractivity (Wildman–Crippen MR) is 80.0 cm³/mol. The summed E-state index contributed by atoms with van der Waals surface area (Å²) in [6.45, 7) is 4.79. The van der Waals surface area contributed by atoms with Crippen LogP contribution in [0.25, 0.3) is 4.96 Å². The largest absolute Gasteiger partial charge is 0.396 e. The number of imidazole rings is 1. The van der Waals surface area contributed by atoms with Crippen LogP contribution in [0, 0.1) is 12.8 Å². The minimum absolute atomic E-state index is 0.0611. The van der Waals surface area contributed by atoms with E-state index >= 15 is 0 Å². The van der Waals surface area contributed by atoms with Gasteiger partial charge in [0.2, 0.25) is 5.91 Å². The SMILES string of the molecule is Cc1cn2c(CCC(=O)NCC(C)CCO)csc2n1. The lowest BCUT2D eigenvalue weighted by molar-refractivity contribution is -0.121. The van der Waals surface area contributed by atoms with E-state index in [1.54, 1.807) is 11.3 Å². The lowest BCUT2D eigenvalue weighted by Gasteiger charge is -2.10. The van der Waals surface area contributed by atoms with E-state index in [0.29, 0.717) is 18.9 Å². The molecule has 0 bridgehead atoms. The minimum atomic E-state index is 0.0611. The molecule has 2 N–H and O–H groups in total. The number of amides is 1. The van der Waals surface area contributed by atoms with Gasteiger partial charge in [-0.3, -0.25) is 9.20 Å². The van der Waals surface area contributed by atoms with Crippen molar-refractivity contribution in [1.82, 2.24) is 14.7 Å². The molecule has 0 saturated heterocycles. The molecule has 1 amide bonds. The first-order chi connectivity index (χ1) is 9.60. The lowest BCUT2D eigenvalue weighted by atomic mass is 10.1. The van der Waals surface area contributed by atoms with E-state index in [1.807, 2.05) is 20.0 Å². The van der Waals surface area contributed by atoms with Gasteiger partial charge in [0.05, 0.1) is 5.69 Å². The normalized spacial score (nSPS) is 12.8. The van der Waals surface area contributed by atoms with Gasteiger partial charge in [-0.2, -0.15) is 0 Å². The molecule has 5 nitrogen and oxygen atoms in total. The van der Waals surface area contributed by atoms with E-state index < -0.39 is 0 Å². The Kier molecular flexibility index (Phi) is 5.14. The number of aliphatic hydroxyl groups is 1. The van der Waals surface area contributed by atoms with Crippen molar-refractivity contribution in [1.29, 1.82) is 0 Å². The molecule has 2 rings (SSSR count). The monoisotopic (exact) mass is 295 g/mol. The van der Waals surface area contributed by atoms with Crippen molar-refractivity contribution in [3.63, 3.8) is 0 Å². The maximum absolute atomic E-state index is 11.8. The van der Waals surface area contributed by atoms with Crippen LogP contribution in [0.3, 0.4) is 0 Å². The van der Waals surface area contributed by atoms with Crippen LogP contribution in [0.2, 0.25) is 0 Å². The van der Waals surface area contributed by atoms with Gasteiger partial charge in [-0.05, 0) is 25.7 Å². The molecule has 2 aromatic rings. The average Bonchev–Trinajstić information content (AvgIpc) is 2.93. The van der Waals surface area contributed by atoms with E-state index in [4.69, 9.17) is 5.11 Å². The molecular weight excluding hydrogens is 274 g/mol. The van der Waals surface area contributed by atoms with Gasteiger partial charge in [0.25, 0.3) is 0 Å². The Morgan fingerprint density at radius 1 is 1.60 bits per heavy atom. The van der Waals surface area contributed by atoms with Crippen LogP contribution in [0.1, 0.15) is 31.2 Å². The molecule has 0 radical (unpaired) electrons. The highest BCUT2D eigenvalue weighted by Gasteiger charge is 2.09. The zero-order valence-corrected chi connectivity index (χ0v) is 12.7. The van der Waals surface area contributed by atoms with Crippen molar-refractivity contribution in [2.45, 2.75) is 33.1 Å². The summed E-state index contributed by atoms with van der Waals surface area (Å²) in [5.41, 5.74) is 2.13. The summed E-state index contributed by atoms with van der Waals surface area (Å²) in [5.74, 6) is 0.374. The number of aryl methyl sites for hydroxylation is 2. The van der Waals surface area contributed by atoms with Crippen LogP contribution in [-0.4, -0.2) is 33.6 Å². The zero-order valence-electron chi connectivity index (χ0n) is 11.9. The Morgan fingerprint density at radius 2 is 2.40 bits per heavy atom. The molecular formula is C14H21N3O2S. The summed E-state index contributed by atoms with van der Waals surface area (Å²) in [5, 5.41) is 13.8.